The van der Waals surface area contributed by atoms with Crippen molar-refractivity contribution in [1.82, 2.24) is 0 Å². The molecule has 1 fully saturated rings. The number of hydrogen-bond donors (Lipinski definition) is 0. The third kappa shape index (κ3) is 4.48. The van der Waals surface area contributed by atoms with E-state index in [0.29, 0.717) is 17.7 Å². The van der Waals surface area contributed by atoms with E-state index in [2.05, 4.69) is 0 Å². The SMILES string of the molecule is CC[C@H](OC(=O)[C@@H]1CC(=O)N(c2ccc([N+](=O)[O-])cc2)C1)C(=O)c1ccccc1. The fourth-order valence-electron chi connectivity index (χ4n) is 3.22. The van der Waals surface area contributed by atoms with E-state index in [4.69, 9.17) is 4.74 Å². The van der Waals surface area contributed by atoms with E-state index in [1.807, 2.05) is 0 Å². The summed E-state index contributed by atoms with van der Waals surface area (Å²) in [5.41, 5.74) is 0.854. The van der Waals surface area contributed by atoms with E-state index in [-0.39, 0.29) is 30.3 Å². The summed E-state index contributed by atoms with van der Waals surface area (Å²) in [7, 11) is 0. The number of esters is 1. The molecule has 150 valence electrons. The Labute approximate surface area is 167 Å². The molecule has 2 atom stereocenters. The number of non-ortho nitro benzene ring substituents is 1. The van der Waals surface area contributed by atoms with E-state index in [0.717, 1.165) is 0 Å². The van der Waals surface area contributed by atoms with E-state index < -0.39 is 22.9 Å². The molecule has 2 aromatic carbocycles. The molecule has 1 aliphatic rings. The Morgan fingerprint density at radius 2 is 1.83 bits per heavy atom. The summed E-state index contributed by atoms with van der Waals surface area (Å²) in [6.45, 7) is 1.85. The zero-order valence-corrected chi connectivity index (χ0v) is 15.8. The van der Waals surface area contributed by atoms with E-state index in [1.165, 1.54) is 29.2 Å². The smallest absolute Gasteiger partial charge is 0.312 e. The zero-order chi connectivity index (χ0) is 21.0. The number of benzene rings is 2. The van der Waals surface area contributed by atoms with Gasteiger partial charge in [0.2, 0.25) is 11.7 Å². The van der Waals surface area contributed by atoms with Crippen molar-refractivity contribution in [3.63, 3.8) is 0 Å². The zero-order valence-electron chi connectivity index (χ0n) is 15.8. The van der Waals surface area contributed by atoms with Crippen LogP contribution in [-0.2, 0) is 14.3 Å². The van der Waals surface area contributed by atoms with Gasteiger partial charge in [0.15, 0.2) is 6.10 Å². The first-order valence-corrected chi connectivity index (χ1v) is 9.25. The molecular formula is C21H20N2O6. The predicted molar refractivity (Wildman–Crippen MR) is 104 cm³/mol. The number of hydrogen-bond acceptors (Lipinski definition) is 6. The largest absolute Gasteiger partial charge is 0.454 e. The lowest BCUT2D eigenvalue weighted by molar-refractivity contribution is -0.384. The van der Waals surface area contributed by atoms with Gasteiger partial charge in [0.25, 0.3) is 5.69 Å². The van der Waals surface area contributed by atoms with Crippen LogP contribution in [0, 0.1) is 16.0 Å². The lowest BCUT2D eigenvalue weighted by Crippen LogP contribution is -2.31. The van der Waals surface area contributed by atoms with Crippen molar-refractivity contribution in [2.45, 2.75) is 25.9 Å². The average molecular weight is 396 g/mol. The molecule has 0 aromatic heterocycles. The number of carbonyl (C=O) groups is 3. The van der Waals surface area contributed by atoms with Gasteiger partial charge in [0, 0.05) is 36.3 Å². The molecule has 0 radical (unpaired) electrons. The van der Waals surface area contributed by atoms with Gasteiger partial charge in [-0.2, -0.15) is 0 Å². The topological polar surface area (TPSA) is 107 Å². The summed E-state index contributed by atoms with van der Waals surface area (Å²) < 4.78 is 5.43. The highest BCUT2D eigenvalue weighted by Crippen LogP contribution is 2.28. The number of Topliss-reactive ketones (excluding diaryl/α,β-unsaturated/α-hetero) is 1. The fourth-order valence-corrected chi connectivity index (χ4v) is 3.22. The summed E-state index contributed by atoms with van der Waals surface area (Å²) >= 11 is 0. The summed E-state index contributed by atoms with van der Waals surface area (Å²) in [5, 5.41) is 10.8. The molecule has 3 rings (SSSR count). The van der Waals surface area contributed by atoms with Gasteiger partial charge >= 0.3 is 5.97 Å². The average Bonchev–Trinajstić information content (AvgIpc) is 3.13. The molecular weight excluding hydrogens is 376 g/mol. The second-order valence-electron chi connectivity index (χ2n) is 6.74. The first-order valence-electron chi connectivity index (χ1n) is 9.25. The van der Waals surface area contributed by atoms with E-state index in [1.54, 1.807) is 37.3 Å². The van der Waals surface area contributed by atoms with Gasteiger partial charge < -0.3 is 9.64 Å². The molecule has 0 bridgehead atoms. The van der Waals surface area contributed by atoms with Crippen LogP contribution in [0.3, 0.4) is 0 Å². The standard InChI is InChI=1S/C21H20N2O6/c1-2-18(20(25)14-6-4-3-5-7-14)29-21(26)15-12-19(24)22(13-15)16-8-10-17(11-9-16)23(27)28/h3-11,15,18H,2,12-13H2,1H3/t15-,18+/m1/s1. The minimum Gasteiger partial charge on any atom is -0.454 e. The quantitative estimate of drug-likeness (QED) is 0.308. The van der Waals surface area contributed by atoms with Crippen molar-refractivity contribution in [3.05, 3.63) is 70.3 Å². The first-order chi connectivity index (χ1) is 13.9. The number of nitro groups is 1. The normalized spacial score (nSPS) is 17.1. The molecule has 1 aliphatic heterocycles. The van der Waals surface area contributed by atoms with Crippen LogP contribution in [0.15, 0.2) is 54.6 Å². The van der Waals surface area contributed by atoms with Crippen molar-refractivity contribution in [3.8, 4) is 0 Å². The summed E-state index contributed by atoms with van der Waals surface area (Å²) in [5.74, 6) is -1.85. The van der Waals surface area contributed by atoms with E-state index in [9.17, 15) is 24.5 Å². The van der Waals surface area contributed by atoms with Crippen LogP contribution in [0.5, 0.6) is 0 Å². The number of ketones is 1. The van der Waals surface area contributed by atoms with Crippen LogP contribution in [0.25, 0.3) is 0 Å². The monoisotopic (exact) mass is 396 g/mol. The number of nitrogens with zero attached hydrogens (tertiary/aromatic N) is 2. The Morgan fingerprint density at radius 1 is 1.17 bits per heavy atom. The minimum absolute atomic E-state index is 0.0359. The van der Waals surface area contributed by atoms with Crippen LogP contribution < -0.4 is 4.90 Å². The van der Waals surface area contributed by atoms with Crippen LogP contribution in [0.2, 0.25) is 0 Å². The summed E-state index contributed by atoms with van der Waals surface area (Å²) in [6.07, 6.45) is -0.619. The van der Waals surface area contributed by atoms with Crippen molar-refractivity contribution < 1.29 is 24.0 Å². The molecule has 1 saturated heterocycles. The number of carbonyl (C=O) groups excluding carboxylic acids is 3. The predicted octanol–water partition coefficient (Wildman–Crippen LogP) is 3.15. The molecule has 0 spiro atoms. The Bertz CT molecular complexity index is 926. The maximum absolute atomic E-state index is 12.6. The van der Waals surface area contributed by atoms with Gasteiger partial charge in [-0.15, -0.1) is 0 Å². The van der Waals surface area contributed by atoms with Crippen molar-refractivity contribution >= 4 is 29.0 Å². The molecule has 0 unspecified atom stereocenters. The summed E-state index contributed by atoms with van der Waals surface area (Å²) in [6, 6.07) is 14.1. The van der Waals surface area contributed by atoms with E-state index >= 15 is 0 Å². The molecule has 0 aliphatic carbocycles. The number of rotatable bonds is 7. The molecule has 1 heterocycles. The second-order valence-corrected chi connectivity index (χ2v) is 6.74. The highest BCUT2D eigenvalue weighted by atomic mass is 16.6. The Hall–Kier alpha value is -3.55. The fraction of sp³-hybridized carbons (Fsp3) is 0.286. The molecule has 0 N–H and O–H groups in total. The third-order valence-electron chi connectivity index (χ3n) is 4.81. The Morgan fingerprint density at radius 3 is 2.41 bits per heavy atom. The molecule has 2 aromatic rings. The second kappa shape index (κ2) is 8.64. The van der Waals surface area contributed by atoms with Crippen molar-refractivity contribution in [1.29, 1.82) is 0 Å². The lowest BCUT2D eigenvalue weighted by atomic mass is 10.0. The lowest BCUT2D eigenvalue weighted by Gasteiger charge is -2.19. The van der Waals surface area contributed by atoms with Gasteiger partial charge in [-0.3, -0.25) is 24.5 Å². The highest BCUT2D eigenvalue weighted by Gasteiger charge is 2.38. The highest BCUT2D eigenvalue weighted by molar-refractivity contribution is 6.02. The minimum atomic E-state index is -0.909. The molecule has 0 saturated carbocycles. The number of nitro benzene ring substituents is 1. The third-order valence-corrected chi connectivity index (χ3v) is 4.81. The first kappa shape index (κ1) is 20.2. The number of ether oxygens (including phenoxy) is 1. The number of amides is 1. The van der Waals surface area contributed by atoms with Crippen LogP contribution in [-0.4, -0.2) is 35.2 Å². The Balaban J connectivity index is 1.66. The molecule has 29 heavy (non-hydrogen) atoms. The molecule has 8 nitrogen and oxygen atoms in total. The van der Waals surface area contributed by atoms with Gasteiger partial charge in [0.05, 0.1) is 10.8 Å². The van der Waals surface area contributed by atoms with Crippen molar-refractivity contribution in [2.75, 3.05) is 11.4 Å². The molecule has 1 amide bonds. The number of anilines is 1. The maximum atomic E-state index is 12.6. The van der Waals surface area contributed by atoms with Gasteiger partial charge in [-0.1, -0.05) is 37.3 Å². The van der Waals surface area contributed by atoms with Gasteiger partial charge in [-0.25, -0.2) is 0 Å². The Kier molecular flexibility index (Phi) is 6.01. The van der Waals surface area contributed by atoms with Crippen LogP contribution in [0.1, 0.15) is 30.1 Å². The summed E-state index contributed by atoms with van der Waals surface area (Å²) in [4.78, 5) is 49.1. The maximum Gasteiger partial charge on any atom is 0.312 e. The van der Waals surface area contributed by atoms with Gasteiger partial charge in [0.1, 0.15) is 0 Å². The van der Waals surface area contributed by atoms with Crippen LogP contribution in [0.4, 0.5) is 11.4 Å². The van der Waals surface area contributed by atoms with Gasteiger partial charge in [-0.05, 0) is 18.6 Å². The molecule has 8 heteroatoms. The van der Waals surface area contributed by atoms with Crippen molar-refractivity contribution in [2.24, 2.45) is 5.92 Å². The van der Waals surface area contributed by atoms with Crippen LogP contribution >= 0.6 is 0 Å².